The Morgan fingerprint density at radius 2 is 1.88 bits per heavy atom. The number of para-hydroxylation sites is 1. The van der Waals surface area contributed by atoms with Crippen molar-refractivity contribution < 1.29 is 0 Å². The Kier molecular flexibility index (Phi) is 5.07. The van der Waals surface area contributed by atoms with Gasteiger partial charge in [0.05, 0.1) is 10.2 Å². The second-order valence-corrected chi connectivity index (χ2v) is 6.45. The van der Waals surface area contributed by atoms with Gasteiger partial charge in [0.2, 0.25) is 0 Å². The van der Waals surface area contributed by atoms with Gasteiger partial charge in [-0.15, -0.1) is 11.3 Å². The molecule has 0 saturated carbocycles. The number of hydrogen-bond donors (Lipinski definition) is 0. The number of hydrogen-bond acceptors (Lipinski definition) is 5. The Morgan fingerprint density at radius 3 is 2.54 bits per heavy atom. The maximum Gasteiger partial charge on any atom is 0.273 e. The minimum atomic E-state index is -0.245. The lowest BCUT2D eigenvalue weighted by atomic mass is 10.1. The Balaban J connectivity index is 2.44. The van der Waals surface area contributed by atoms with Crippen LogP contribution in [0.4, 0.5) is 0 Å². The van der Waals surface area contributed by atoms with Crippen LogP contribution in [-0.4, -0.2) is 9.55 Å². The van der Waals surface area contributed by atoms with E-state index < -0.39 is 0 Å². The van der Waals surface area contributed by atoms with Crippen molar-refractivity contribution in [2.24, 2.45) is 0 Å². The molecule has 0 aliphatic carbocycles. The van der Waals surface area contributed by atoms with Crippen LogP contribution in [0.15, 0.2) is 53.6 Å². The highest BCUT2D eigenvalue weighted by Gasteiger charge is 2.13. The van der Waals surface area contributed by atoms with Crippen LogP contribution in [0.3, 0.4) is 0 Å². The number of nitrogens with zero attached hydrogens (tertiary/aromatic N) is 4. The van der Waals surface area contributed by atoms with E-state index in [2.05, 4.69) is 4.98 Å². The fraction of sp³-hybridized carbons (Fsp3) is 0.100. The summed E-state index contributed by atoms with van der Waals surface area (Å²) in [4.78, 5) is 17.1. The molecule has 26 heavy (non-hydrogen) atoms. The van der Waals surface area contributed by atoms with Crippen molar-refractivity contribution >= 4 is 23.0 Å². The van der Waals surface area contributed by atoms with Crippen LogP contribution in [0, 0.1) is 22.7 Å². The van der Waals surface area contributed by atoms with Crippen molar-refractivity contribution in [1.29, 1.82) is 10.5 Å². The van der Waals surface area contributed by atoms with Crippen molar-refractivity contribution in [3.8, 4) is 17.8 Å². The zero-order chi connectivity index (χ0) is 18.5. The van der Waals surface area contributed by atoms with E-state index >= 15 is 0 Å². The average Bonchev–Trinajstić information content (AvgIpc) is 2.99. The third-order valence-corrected chi connectivity index (χ3v) is 4.97. The van der Waals surface area contributed by atoms with Gasteiger partial charge in [0.1, 0.15) is 16.8 Å². The fourth-order valence-electron chi connectivity index (χ4n) is 2.63. The Hall–Kier alpha value is -3.48. The topological polar surface area (TPSA) is 82.5 Å². The second kappa shape index (κ2) is 7.60. The quantitative estimate of drug-likeness (QED) is 0.716. The molecule has 0 spiro atoms. The SMILES string of the molecule is CCc1ccccc1-n1c(=C(C#N)C#N)sc(=Cc2ccncc2)c1=O. The molecule has 6 heteroatoms. The smallest absolute Gasteiger partial charge is 0.267 e. The molecule has 0 atom stereocenters. The summed E-state index contributed by atoms with van der Waals surface area (Å²) in [5.74, 6) is 0. The first-order chi connectivity index (χ1) is 12.7. The molecule has 0 saturated heterocycles. The first-order valence-corrected chi connectivity index (χ1v) is 8.77. The standard InChI is InChI=1S/C20H14N4OS/c1-2-15-5-3-4-6-17(15)24-19(25)18(11-14-7-9-23-10-8-14)26-20(24)16(12-21)13-22/h3-11H,2H2,1H3. The van der Waals surface area contributed by atoms with Gasteiger partial charge in [-0.2, -0.15) is 10.5 Å². The van der Waals surface area contributed by atoms with Crippen LogP contribution in [0.5, 0.6) is 0 Å². The number of aryl methyl sites for hydroxylation is 1. The van der Waals surface area contributed by atoms with Gasteiger partial charge in [-0.05, 0) is 41.8 Å². The highest BCUT2D eigenvalue weighted by molar-refractivity contribution is 7.07. The zero-order valence-electron chi connectivity index (χ0n) is 14.0. The lowest BCUT2D eigenvalue weighted by molar-refractivity contribution is 0.953. The molecule has 1 aromatic carbocycles. The molecule has 0 fully saturated rings. The van der Waals surface area contributed by atoms with E-state index in [0.717, 1.165) is 28.9 Å². The molecule has 3 rings (SSSR count). The van der Waals surface area contributed by atoms with E-state index in [4.69, 9.17) is 0 Å². The van der Waals surface area contributed by atoms with Gasteiger partial charge in [0.25, 0.3) is 5.56 Å². The second-order valence-electron chi connectivity index (χ2n) is 5.42. The summed E-state index contributed by atoms with van der Waals surface area (Å²) < 4.78 is 2.28. The van der Waals surface area contributed by atoms with Crippen molar-refractivity contribution in [3.63, 3.8) is 0 Å². The summed E-state index contributed by atoms with van der Waals surface area (Å²) in [6, 6.07) is 14.9. The van der Waals surface area contributed by atoms with Crippen molar-refractivity contribution in [2.75, 3.05) is 0 Å². The largest absolute Gasteiger partial charge is 0.273 e. The molecule has 2 aromatic heterocycles. The first kappa shape index (κ1) is 17.3. The van der Waals surface area contributed by atoms with E-state index in [0.29, 0.717) is 14.9 Å². The maximum atomic E-state index is 13.1. The summed E-state index contributed by atoms with van der Waals surface area (Å²) in [6.45, 7) is 2.00. The number of nitriles is 2. The molecule has 126 valence electrons. The van der Waals surface area contributed by atoms with E-state index in [-0.39, 0.29) is 11.1 Å². The third kappa shape index (κ3) is 3.19. The van der Waals surface area contributed by atoms with Gasteiger partial charge in [0, 0.05) is 12.4 Å². The summed E-state index contributed by atoms with van der Waals surface area (Å²) in [7, 11) is 0. The van der Waals surface area contributed by atoms with Crippen molar-refractivity contribution in [2.45, 2.75) is 13.3 Å². The molecule has 2 heterocycles. The van der Waals surface area contributed by atoms with Crippen LogP contribution in [0.1, 0.15) is 18.1 Å². The van der Waals surface area contributed by atoms with E-state index in [1.54, 1.807) is 30.6 Å². The lowest BCUT2D eigenvalue weighted by Gasteiger charge is -2.08. The predicted molar refractivity (Wildman–Crippen MR) is 101 cm³/mol. The van der Waals surface area contributed by atoms with E-state index in [1.807, 2.05) is 43.3 Å². The fourth-order valence-corrected chi connectivity index (χ4v) is 3.68. The van der Waals surface area contributed by atoms with Gasteiger partial charge in [-0.3, -0.25) is 14.3 Å². The summed E-state index contributed by atoms with van der Waals surface area (Å²) in [5.41, 5.74) is 2.18. The highest BCUT2D eigenvalue weighted by Crippen LogP contribution is 2.12. The zero-order valence-corrected chi connectivity index (χ0v) is 14.8. The van der Waals surface area contributed by atoms with E-state index in [1.165, 1.54) is 4.57 Å². The molecular weight excluding hydrogens is 344 g/mol. The Labute approximate surface area is 154 Å². The third-order valence-electron chi connectivity index (χ3n) is 3.88. The normalized spacial score (nSPS) is 11.0. The van der Waals surface area contributed by atoms with Crippen LogP contribution in [0.2, 0.25) is 0 Å². The van der Waals surface area contributed by atoms with Gasteiger partial charge in [-0.25, -0.2) is 0 Å². The van der Waals surface area contributed by atoms with Crippen LogP contribution < -0.4 is 14.8 Å². The summed E-state index contributed by atoms with van der Waals surface area (Å²) in [5, 5.41) is 18.7. The highest BCUT2D eigenvalue weighted by atomic mass is 32.1. The van der Waals surface area contributed by atoms with Gasteiger partial charge < -0.3 is 0 Å². The Bertz CT molecular complexity index is 1190. The number of benzene rings is 1. The monoisotopic (exact) mass is 358 g/mol. The van der Waals surface area contributed by atoms with Crippen molar-refractivity contribution in [1.82, 2.24) is 9.55 Å². The molecule has 0 unspecified atom stereocenters. The van der Waals surface area contributed by atoms with Gasteiger partial charge in [0.15, 0.2) is 5.57 Å². The minimum Gasteiger partial charge on any atom is -0.267 e. The molecular formula is C20H14N4OS. The first-order valence-electron chi connectivity index (χ1n) is 7.96. The molecule has 3 aromatic rings. The minimum absolute atomic E-state index is 0.0765. The molecule has 0 N–H and O–H groups in total. The molecule has 0 aliphatic heterocycles. The van der Waals surface area contributed by atoms with Crippen LogP contribution in [0.25, 0.3) is 17.3 Å². The summed E-state index contributed by atoms with van der Waals surface area (Å²) in [6.07, 6.45) is 5.77. The predicted octanol–water partition coefficient (Wildman–Crippen LogP) is 1.88. The maximum absolute atomic E-state index is 13.1. The van der Waals surface area contributed by atoms with Crippen LogP contribution in [-0.2, 0) is 6.42 Å². The molecule has 0 bridgehead atoms. The molecule has 0 amide bonds. The number of thiazole rings is 1. The van der Waals surface area contributed by atoms with Gasteiger partial charge in [-0.1, -0.05) is 25.1 Å². The molecule has 0 aliphatic rings. The lowest BCUT2D eigenvalue weighted by Crippen LogP contribution is -2.31. The average molecular weight is 358 g/mol. The molecule has 5 nitrogen and oxygen atoms in total. The molecule has 0 radical (unpaired) electrons. The van der Waals surface area contributed by atoms with Crippen LogP contribution >= 0.6 is 11.3 Å². The van der Waals surface area contributed by atoms with Crippen molar-refractivity contribution in [3.05, 3.63) is 79.5 Å². The van der Waals surface area contributed by atoms with E-state index in [9.17, 15) is 15.3 Å². The number of aromatic nitrogens is 2. The number of rotatable bonds is 3. The van der Waals surface area contributed by atoms with Gasteiger partial charge >= 0.3 is 0 Å². The summed E-state index contributed by atoms with van der Waals surface area (Å²) >= 11 is 1.14. The Morgan fingerprint density at radius 1 is 1.19 bits per heavy atom. The number of pyridine rings is 1.